The molecule has 2 rings (SSSR count). The van der Waals surface area contributed by atoms with Gasteiger partial charge in [-0.25, -0.2) is 9.18 Å². The van der Waals surface area contributed by atoms with E-state index in [-0.39, 0.29) is 12.4 Å². The molecule has 0 atom stereocenters. The second-order valence-corrected chi connectivity index (χ2v) is 5.09. The number of nitrogens with one attached hydrogen (secondary N) is 1. The van der Waals surface area contributed by atoms with Gasteiger partial charge in [0.1, 0.15) is 5.82 Å². The Labute approximate surface area is 140 Å². The Morgan fingerprint density at radius 2 is 1.92 bits per heavy atom. The molecule has 0 spiro atoms. The zero-order valence-corrected chi connectivity index (χ0v) is 13.3. The van der Waals surface area contributed by atoms with E-state index >= 15 is 0 Å². The van der Waals surface area contributed by atoms with Crippen molar-refractivity contribution in [3.05, 3.63) is 71.6 Å². The van der Waals surface area contributed by atoms with Crippen molar-refractivity contribution in [2.24, 2.45) is 0 Å². The van der Waals surface area contributed by atoms with Crippen LogP contribution in [0.25, 0.3) is 6.08 Å². The highest BCUT2D eigenvalue weighted by Gasteiger charge is 2.05. The molecule has 5 heteroatoms. The third-order valence-corrected chi connectivity index (χ3v) is 3.25. The van der Waals surface area contributed by atoms with Gasteiger partial charge < -0.3 is 10.1 Å². The van der Waals surface area contributed by atoms with Gasteiger partial charge in [0.25, 0.3) is 5.91 Å². The zero-order valence-electron chi connectivity index (χ0n) is 13.3. The Kier molecular flexibility index (Phi) is 6.25. The van der Waals surface area contributed by atoms with E-state index in [0.717, 1.165) is 12.5 Å². The lowest BCUT2D eigenvalue weighted by molar-refractivity contribution is -0.142. The van der Waals surface area contributed by atoms with Crippen molar-refractivity contribution in [1.82, 2.24) is 0 Å². The Bertz CT molecular complexity index is 739. The van der Waals surface area contributed by atoms with E-state index in [1.165, 1.54) is 29.8 Å². The van der Waals surface area contributed by atoms with Gasteiger partial charge in [-0.3, -0.25) is 4.79 Å². The topological polar surface area (TPSA) is 55.4 Å². The molecule has 0 aliphatic carbocycles. The van der Waals surface area contributed by atoms with E-state index in [2.05, 4.69) is 5.32 Å². The first kappa shape index (κ1) is 17.4. The highest BCUT2D eigenvalue weighted by molar-refractivity contribution is 5.94. The Balaban J connectivity index is 1.79. The summed E-state index contributed by atoms with van der Waals surface area (Å²) in [5, 5.41) is 2.64. The maximum Gasteiger partial charge on any atom is 0.331 e. The van der Waals surface area contributed by atoms with Crippen molar-refractivity contribution in [2.75, 3.05) is 11.9 Å². The van der Waals surface area contributed by atoms with Crippen LogP contribution in [0, 0.1) is 5.82 Å². The number of hydrogen-bond acceptors (Lipinski definition) is 3. The van der Waals surface area contributed by atoms with Gasteiger partial charge in [-0.2, -0.15) is 0 Å². The fourth-order valence-electron chi connectivity index (χ4n) is 1.98. The molecule has 1 amide bonds. The predicted molar refractivity (Wildman–Crippen MR) is 90.8 cm³/mol. The summed E-state index contributed by atoms with van der Waals surface area (Å²) in [6, 6.07) is 13.2. The number of carbonyl (C=O) groups is 2. The van der Waals surface area contributed by atoms with Gasteiger partial charge in [0.05, 0.1) is 0 Å². The van der Waals surface area contributed by atoms with Crippen LogP contribution in [0.2, 0.25) is 0 Å². The highest BCUT2D eigenvalue weighted by atomic mass is 19.1. The summed E-state index contributed by atoms with van der Waals surface area (Å²) in [6.45, 7) is 1.66. The fourth-order valence-corrected chi connectivity index (χ4v) is 1.98. The van der Waals surface area contributed by atoms with Gasteiger partial charge in [0, 0.05) is 11.8 Å². The fraction of sp³-hybridized carbons (Fsp3) is 0.158. The molecular formula is C19H18FNO3. The molecule has 0 bridgehead atoms. The van der Waals surface area contributed by atoms with Crippen LogP contribution in [0.4, 0.5) is 10.1 Å². The molecule has 0 radical (unpaired) electrons. The van der Waals surface area contributed by atoms with Crippen LogP contribution in [0.15, 0.2) is 54.6 Å². The number of hydrogen-bond donors (Lipinski definition) is 1. The highest BCUT2D eigenvalue weighted by Crippen LogP contribution is 2.10. The van der Waals surface area contributed by atoms with Crippen molar-refractivity contribution in [1.29, 1.82) is 0 Å². The third-order valence-electron chi connectivity index (χ3n) is 3.25. The molecule has 124 valence electrons. The average molecular weight is 327 g/mol. The van der Waals surface area contributed by atoms with Crippen LogP contribution in [0.5, 0.6) is 0 Å². The number of halogens is 1. The van der Waals surface area contributed by atoms with Crippen LogP contribution in [-0.2, 0) is 20.7 Å². The third kappa shape index (κ3) is 5.68. The minimum absolute atomic E-state index is 0.387. The Morgan fingerprint density at radius 1 is 1.17 bits per heavy atom. The van der Waals surface area contributed by atoms with E-state index < -0.39 is 11.9 Å². The molecule has 0 unspecified atom stereocenters. The lowest BCUT2D eigenvalue weighted by Crippen LogP contribution is -2.20. The first-order valence-electron chi connectivity index (χ1n) is 7.56. The minimum Gasteiger partial charge on any atom is -0.452 e. The molecule has 2 aromatic rings. The van der Waals surface area contributed by atoms with Gasteiger partial charge in [0.15, 0.2) is 6.61 Å². The van der Waals surface area contributed by atoms with E-state index in [4.69, 9.17) is 4.74 Å². The van der Waals surface area contributed by atoms with Gasteiger partial charge in [-0.1, -0.05) is 31.2 Å². The van der Waals surface area contributed by atoms with Crippen LogP contribution in [-0.4, -0.2) is 18.5 Å². The van der Waals surface area contributed by atoms with E-state index in [1.54, 1.807) is 18.2 Å². The molecule has 2 aromatic carbocycles. The van der Waals surface area contributed by atoms with Crippen LogP contribution in [0.1, 0.15) is 18.1 Å². The largest absolute Gasteiger partial charge is 0.452 e. The maximum atomic E-state index is 13.0. The second kappa shape index (κ2) is 8.62. The molecule has 1 N–H and O–H groups in total. The van der Waals surface area contributed by atoms with E-state index in [1.807, 2.05) is 19.1 Å². The van der Waals surface area contributed by atoms with Crippen molar-refractivity contribution >= 4 is 23.6 Å². The molecule has 0 saturated carbocycles. The van der Waals surface area contributed by atoms with Crippen molar-refractivity contribution < 1.29 is 18.7 Å². The Hall–Kier alpha value is -2.95. The number of esters is 1. The lowest BCUT2D eigenvalue weighted by Gasteiger charge is -2.06. The van der Waals surface area contributed by atoms with Crippen molar-refractivity contribution in [3.63, 3.8) is 0 Å². The number of anilines is 1. The predicted octanol–water partition coefficient (Wildman–Crippen LogP) is 3.58. The molecule has 0 aliphatic heterocycles. The van der Waals surface area contributed by atoms with Gasteiger partial charge in [0.2, 0.25) is 0 Å². The summed E-state index contributed by atoms with van der Waals surface area (Å²) in [5.74, 6) is -1.48. The molecule has 0 saturated heterocycles. The van der Waals surface area contributed by atoms with Crippen LogP contribution < -0.4 is 5.32 Å². The summed E-state index contributed by atoms with van der Waals surface area (Å²) < 4.78 is 17.8. The monoisotopic (exact) mass is 327 g/mol. The first-order valence-corrected chi connectivity index (χ1v) is 7.56. The summed E-state index contributed by atoms with van der Waals surface area (Å²) in [4.78, 5) is 23.3. The quantitative estimate of drug-likeness (QED) is 0.652. The molecule has 0 aromatic heterocycles. The number of amides is 1. The second-order valence-electron chi connectivity index (χ2n) is 5.09. The number of benzene rings is 2. The number of rotatable bonds is 6. The van der Waals surface area contributed by atoms with E-state index in [0.29, 0.717) is 11.3 Å². The normalized spacial score (nSPS) is 10.6. The van der Waals surface area contributed by atoms with Gasteiger partial charge >= 0.3 is 5.97 Å². The molecule has 4 nitrogen and oxygen atoms in total. The smallest absolute Gasteiger partial charge is 0.331 e. The number of aryl methyl sites for hydroxylation is 1. The standard InChI is InChI=1S/C19H18FNO3/c1-2-14-6-9-17(10-7-14)21-18(22)13-24-19(23)11-8-15-4-3-5-16(20)12-15/h3-12H,2,13H2,1H3,(H,21,22)/b11-8+. The van der Waals surface area contributed by atoms with E-state index in [9.17, 15) is 14.0 Å². The van der Waals surface area contributed by atoms with Gasteiger partial charge in [-0.15, -0.1) is 0 Å². The first-order chi connectivity index (χ1) is 11.6. The summed E-state index contributed by atoms with van der Waals surface area (Å²) in [5.41, 5.74) is 2.35. The molecule has 0 aliphatic rings. The van der Waals surface area contributed by atoms with Gasteiger partial charge in [-0.05, 0) is 47.9 Å². The Morgan fingerprint density at radius 3 is 2.58 bits per heavy atom. The lowest BCUT2D eigenvalue weighted by atomic mass is 10.1. The van der Waals surface area contributed by atoms with Crippen LogP contribution in [0.3, 0.4) is 0 Å². The summed E-state index contributed by atoms with van der Waals surface area (Å²) in [7, 11) is 0. The van der Waals surface area contributed by atoms with Crippen molar-refractivity contribution in [3.8, 4) is 0 Å². The molecule has 0 heterocycles. The molecule has 0 fully saturated rings. The average Bonchev–Trinajstić information content (AvgIpc) is 2.59. The number of ether oxygens (including phenoxy) is 1. The van der Waals surface area contributed by atoms with Crippen molar-refractivity contribution in [2.45, 2.75) is 13.3 Å². The molecular weight excluding hydrogens is 309 g/mol. The maximum absolute atomic E-state index is 13.0. The van der Waals surface area contributed by atoms with Crippen LogP contribution >= 0.6 is 0 Å². The minimum atomic E-state index is -0.671. The summed E-state index contributed by atoms with van der Waals surface area (Å²) >= 11 is 0. The molecule has 24 heavy (non-hydrogen) atoms. The zero-order chi connectivity index (χ0) is 17.4. The number of carbonyl (C=O) groups excluding carboxylic acids is 2. The SMILES string of the molecule is CCc1ccc(NC(=O)COC(=O)/C=C/c2cccc(F)c2)cc1. The summed E-state index contributed by atoms with van der Waals surface area (Å²) in [6.07, 6.45) is 3.49.